The molecule has 1 heterocycles. The number of alkyl carbamates (subject to hydrolysis) is 1. The van der Waals surface area contributed by atoms with Crippen LogP contribution >= 0.6 is 0 Å². The number of hydrogen-bond donors (Lipinski definition) is 2. The molecule has 7 heteroatoms. The van der Waals surface area contributed by atoms with Crippen molar-refractivity contribution in [1.29, 1.82) is 0 Å². The lowest BCUT2D eigenvalue weighted by Crippen LogP contribution is -2.42. The van der Waals surface area contributed by atoms with Crippen molar-refractivity contribution in [3.8, 4) is 0 Å². The van der Waals surface area contributed by atoms with E-state index in [4.69, 9.17) is 15.6 Å². The third kappa shape index (κ3) is 4.68. The Morgan fingerprint density at radius 3 is 2.35 bits per heavy atom. The third-order valence-corrected chi connectivity index (χ3v) is 5.63. The van der Waals surface area contributed by atoms with Gasteiger partial charge in [-0.1, -0.05) is 85.4 Å². The number of fused-ring (bicyclic) bond motifs is 1. The molecule has 0 aromatic heterocycles. The van der Waals surface area contributed by atoms with Crippen molar-refractivity contribution in [1.82, 2.24) is 5.32 Å². The largest absolute Gasteiger partial charge is 0.442 e. The van der Waals surface area contributed by atoms with Crippen molar-refractivity contribution >= 4 is 23.3 Å². The van der Waals surface area contributed by atoms with E-state index in [2.05, 4.69) is 17.0 Å². The van der Waals surface area contributed by atoms with Crippen LogP contribution in [0.1, 0.15) is 36.6 Å². The number of rotatable bonds is 4. The van der Waals surface area contributed by atoms with Crippen LogP contribution in [-0.4, -0.2) is 23.8 Å². The smallest absolute Gasteiger partial charge is 0.409 e. The molecule has 1 amide bonds. The van der Waals surface area contributed by atoms with E-state index in [1.807, 2.05) is 91.9 Å². The minimum absolute atomic E-state index is 0.432. The maximum atomic E-state index is 12.9. The first-order valence-corrected chi connectivity index (χ1v) is 11.0. The molecular formula is C27H27N5O2. The lowest BCUT2D eigenvalue weighted by molar-refractivity contribution is 0.105. The summed E-state index contributed by atoms with van der Waals surface area (Å²) in [5, 5.41) is 6.76. The molecule has 7 nitrogen and oxygen atoms in total. The van der Waals surface area contributed by atoms with E-state index in [0.29, 0.717) is 17.2 Å². The Bertz CT molecular complexity index is 1240. The van der Waals surface area contributed by atoms with Gasteiger partial charge in [0.1, 0.15) is 11.9 Å². The molecule has 3 aromatic rings. The zero-order valence-corrected chi connectivity index (χ0v) is 19.2. The van der Waals surface area contributed by atoms with Crippen LogP contribution in [0.15, 0.2) is 107 Å². The van der Waals surface area contributed by atoms with Gasteiger partial charge in [0, 0.05) is 11.1 Å². The molecule has 3 aromatic carbocycles. The summed E-state index contributed by atoms with van der Waals surface area (Å²) in [5.74, 6) is 6.17. The average molecular weight is 454 g/mol. The number of benzene rings is 3. The number of nitrogens with zero attached hydrogens (tertiary/aromatic N) is 3. The Morgan fingerprint density at radius 1 is 1.06 bits per heavy atom. The maximum Gasteiger partial charge on any atom is 0.409 e. The monoisotopic (exact) mass is 453 g/mol. The molecule has 0 bridgehead atoms. The molecule has 0 saturated heterocycles. The summed E-state index contributed by atoms with van der Waals surface area (Å²) in [4.78, 5) is 19.6. The third-order valence-electron chi connectivity index (χ3n) is 5.63. The number of carbonyl (C=O) groups excluding carboxylic acids is 1. The topological polar surface area (TPSA) is 92.3 Å². The summed E-state index contributed by atoms with van der Waals surface area (Å²) >= 11 is 0. The number of hydrazone groups is 1. The van der Waals surface area contributed by atoms with Crippen molar-refractivity contribution in [3.63, 3.8) is 0 Å². The second-order valence-electron chi connectivity index (χ2n) is 7.87. The highest BCUT2D eigenvalue weighted by atomic mass is 16.6. The van der Waals surface area contributed by atoms with Crippen LogP contribution in [-0.2, 0) is 4.74 Å². The molecule has 1 aliphatic heterocycles. The maximum absolute atomic E-state index is 12.9. The lowest BCUT2D eigenvalue weighted by Gasteiger charge is -2.28. The molecule has 1 aliphatic rings. The van der Waals surface area contributed by atoms with Gasteiger partial charge in [0.2, 0.25) is 0 Å². The van der Waals surface area contributed by atoms with Gasteiger partial charge in [0.25, 0.3) is 0 Å². The van der Waals surface area contributed by atoms with E-state index < -0.39 is 18.4 Å². The van der Waals surface area contributed by atoms with Crippen molar-refractivity contribution in [2.45, 2.75) is 26.1 Å². The lowest BCUT2D eigenvalue weighted by atomic mass is 10.0. The first-order chi connectivity index (χ1) is 16.5. The predicted molar refractivity (Wildman–Crippen MR) is 136 cm³/mol. The first-order valence-electron chi connectivity index (χ1n) is 11.0. The van der Waals surface area contributed by atoms with Crippen LogP contribution in [0.5, 0.6) is 0 Å². The van der Waals surface area contributed by atoms with Crippen LogP contribution < -0.4 is 16.1 Å². The molecule has 0 spiro atoms. The number of nitrogens with one attached hydrogen (secondary N) is 1. The quantitative estimate of drug-likeness (QED) is 0.253. The fourth-order valence-corrected chi connectivity index (χ4v) is 3.90. The van der Waals surface area contributed by atoms with E-state index in [9.17, 15) is 4.79 Å². The van der Waals surface area contributed by atoms with Crippen molar-refractivity contribution < 1.29 is 9.53 Å². The molecule has 2 atom stereocenters. The van der Waals surface area contributed by atoms with Crippen molar-refractivity contribution in [2.75, 3.05) is 4.90 Å². The van der Waals surface area contributed by atoms with Crippen LogP contribution in [0.3, 0.4) is 0 Å². The Hall–Kier alpha value is -4.39. The van der Waals surface area contributed by atoms with Gasteiger partial charge in [-0.05, 0) is 25.5 Å². The van der Waals surface area contributed by atoms with Crippen LogP contribution in [0.2, 0.25) is 0 Å². The van der Waals surface area contributed by atoms with Crippen molar-refractivity contribution in [2.24, 2.45) is 15.9 Å². The zero-order chi connectivity index (χ0) is 24.1. The molecule has 3 N–H and O–H groups in total. The van der Waals surface area contributed by atoms with Gasteiger partial charge in [0.15, 0.2) is 6.17 Å². The molecule has 4 rings (SSSR count). The standard InChI is InChI=1S/C27H27N5O2/c1-18-26(30-27(33)34-19(2)21-12-6-4-7-13-21)29-25(22-14-8-5-9-15-22)23-16-10-11-17-24(23)32(18)20(3)31-28/h4-17,19,26H,1,28H2,2-3H3,(H,30,33)/b31-20-/t19-,26?/m1/s1. The first kappa shape index (κ1) is 22.8. The van der Waals surface area contributed by atoms with Gasteiger partial charge in [0.05, 0.1) is 17.1 Å². The molecule has 0 saturated carbocycles. The highest BCUT2D eigenvalue weighted by molar-refractivity contribution is 6.19. The SMILES string of the molecule is C=C1C(NC(=O)O[C@H](C)c2ccccc2)N=C(c2ccccc2)c2ccccc2N1/C(C)=N\N. The number of para-hydroxylation sites is 1. The summed E-state index contributed by atoms with van der Waals surface area (Å²) in [6, 6.07) is 27.1. The van der Waals surface area contributed by atoms with Crippen molar-refractivity contribution in [3.05, 3.63) is 114 Å². The van der Waals surface area contributed by atoms with Crippen LogP contribution in [0.4, 0.5) is 10.5 Å². The fraction of sp³-hybridized carbons (Fsp3) is 0.148. The minimum atomic E-state index is -0.810. The summed E-state index contributed by atoms with van der Waals surface area (Å²) in [6.45, 7) is 7.84. The molecule has 172 valence electrons. The summed E-state index contributed by atoms with van der Waals surface area (Å²) in [7, 11) is 0. The van der Waals surface area contributed by atoms with Crippen LogP contribution in [0, 0.1) is 0 Å². The molecule has 1 unspecified atom stereocenters. The van der Waals surface area contributed by atoms with Gasteiger partial charge >= 0.3 is 6.09 Å². The number of hydrogen-bond acceptors (Lipinski definition) is 5. The van der Waals surface area contributed by atoms with Gasteiger partial charge in [-0.3, -0.25) is 15.2 Å². The number of aliphatic imine (C=N–C) groups is 1. The molecule has 0 fully saturated rings. The Morgan fingerprint density at radius 2 is 1.68 bits per heavy atom. The number of amides is 1. The zero-order valence-electron chi connectivity index (χ0n) is 19.2. The van der Waals surface area contributed by atoms with Gasteiger partial charge < -0.3 is 10.6 Å². The fourth-order valence-electron chi connectivity index (χ4n) is 3.90. The van der Waals surface area contributed by atoms with E-state index in [0.717, 1.165) is 22.4 Å². The van der Waals surface area contributed by atoms with E-state index in [-0.39, 0.29) is 0 Å². The van der Waals surface area contributed by atoms with E-state index >= 15 is 0 Å². The number of carbonyl (C=O) groups is 1. The van der Waals surface area contributed by atoms with Gasteiger partial charge in [-0.25, -0.2) is 4.79 Å². The van der Waals surface area contributed by atoms with E-state index in [1.165, 1.54) is 0 Å². The number of amidine groups is 1. The average Bonchev–Trinajstić information content (AvgIpc) is 2.99. The summed E-state index contributed by atoms with van der Waals surface area (Å²) in [6.07, 6.45) is -1.85. The van der Waals surface area contributed by atoms with Crippen LogP contribution in [0.25, 0.3) is 0 Å². The van der Waals surface area contributed by atoms with E-state index in [1.54, 1.807) is 11.8 Å². The van der Waals surface area contributed by atoms with Gasteiger partial charge in [-0.15, -0.1) is 0 Å². The van der Waals surface area contributed by atoms with Gasteiger partial charge in [-0.2, -0.15) is 5.10 Å². The molecule has 34 heavy (non-hydrogen) atoms. The summed E-state index contributed by atoms with van der Waals surface area (Å²) < 4.78 is 5.63. The minimum Gasteiger partial charge on any atom is -0.442 e. The highest BCUT2D eigenvalue weighted by Gasteiger charge is 2.31. The number of ether oxygens (including phenoxy) is 1. The second kappa shape index (κ2) is 10.0. The number of benzodiazepines with no additional fused rings is 1. The second-order valence-corrected chi connectivity index (χ2v) is 7.87. The molecular weight excluding hydrogens is 426 g/mol. The summed E-state index contributed by atoms with van der Waals surface area (Å²) in [5.41, 5.74) is 4.70. The Balaban J connectivity index is 1.72. The Labute approximate surface area is 199 Å². The molecule has 0 aliphatic carbocycles. The molecule has 0 radical (unpaired) electrons. The normalized spacial score (nSPS) is 16.7. The highest BCUT2D eigenvalue weighted by Crippen LogP contribution is 2.32. The Kier molecular flexibility index (Phi) is 6.73. The number of anilines is 1. The number of nitrogens with two attached hydrogens (primary N) is 1. The predicted octanol–water partition coefficient (Wildman–Crippen LogP) is 4.96.